The highest BCUT2D eigenvalue weighted by atomic mass is 35.5. The Morgan fingerprint density at radius 1 is 1.50 bits per heavy atom. The van der Waals surface area contributed by atoms with E-state index in [0.717, 1.165) is 16.4 Å². The number of thiazole rings is 1. The maximum Gasteiger partial charge on any atom is 0.142 e. The molecule has 0 fully saturated rings. The molecule has 0 aliphatic carbocycles. The Morgan fingerprint density at radius 2 is 2.33 bits per heavy atom. The van der Waals surface area contributed by atoms with E-state index in [2.05, 4.69) is 17.2 Å². The van der Waals surface area contributed by atoms with Gasteiger partial charge in [0, 0.05) is 16.6 Å². The molecule has 1 aromatic heterocycles. The lowest BCUT2D eigenvalue weighted by atomic mass is 10.2. The summed E-state index contributed by atoms with van der Waals surface area (Å²) in [5.74, 6) is 0.810. The first-order valence-electron chi connectivity index (χ1n) is 5.79. The van der Waals surface area contributed by atoms with Crippen molar-refractivity contribution in [1.29, 1.82) is 0 Å². The second-order valence-electron chi connectivity index (χ2n) is 3.81. The second kappa shape index (κ2) is 6.07. The van der Waals surface area contributed by atoms with Gasteiger partial charge in [0.1, 0.15) is 10.8 Å². The summed E-state index contributed by atoms with van der Waals surface area (Å²) in [7, 11) is 0. The smallest absolute Gasteiger partial charge is 0.142 e. The fraction of sp³-hybridized carbons (Fsp3) is 0.308. The van der Waals surface area contributed by atoms with E-state index in [9.17, 15) is 0 Å². The van der Waals surface area contributed by atoms with E-state index in [1.54, 1.807) is 17.5 Å². The van der Waals surface area contributed by atoms with Gasteiger partial charge in [-0.1, -0.05) is 11.6 Å². The lowest BCUT2D eigenvalue weighted by molar-refractivity contribution is 0.341. The third-order valence-electron chi connectivity index (χ3n) is 2.44. The van der Waals surface area contributed by atoms with Crippen molar-refractivity contribution in [2.24, 2.45) is 0 Å². The molecule has 18 heavy (non-hydrogen) atoms. The van der Waals surface area contributed by atoms with Gasteiger partial charge in [0.25, 0.3) is 0 Å². The Balaban J connectivity index is 2.19. The SMILES string of the molecule is CCOc1ccc(Cl)cc1NC(C)c1nccs1. The van der Waals surface area contributed by atoms with E-state index in [-0.39, 0.29) is 6.04 Å². The van der Waals surface area contributed by atoms with Crippen LogP contribution in [0.3, 0.4) is 0 Å². The molecule has 0 bridgehead atoms. The summed E-state index contributed by atoms with van der Waals surface area (Å²) in [6.45, 7) is 4.65. The van der Waals surface area contributed by atoms with Crippen molar-refractivity contribution in [1.82, 2.24) is 4.98 Å². The van der Waals surface area contributed by atoms with Crippen molar-refractivity contribution in [2.75, 3.05) is 11.9 Å². The molecule has 0 aliphatic heterocycles. The molecule has 0 saturated carbocycles. The van der Waals surface area contributed by atoms with Crippen LogP contribution in [0, 0.1) is 0 Å². The van der Waals surface area contributed by atoms with Crippen LogP contribution in [0.4, 0.5) is 5.69 Å². The van der Waals surface area contributed by atoms with Gasteiger partial charge in [-0.15, -0.1) is 11.3 Å². The van der Waals surface area contributed by atoms with Gasteiger partial charge in [0.05, 0.1) is 18.3 Å². The number of aromatic nitrogens is 1. The summed E-state index contributed by atoms with van der Waals surface area (Å²) in [5.41, 5.74) is 0.895. The molecule has 96 valence electrons. The average Bonchev–Trinajstić information content (AvgIpc) is 2.86. The van der Waals surface area contributed by atoms with Gasteiger partial charge >= 0.3 is 0 Å². The van der Waals surface area contributed by atoms with Gasteiger partial charge < -0.3 is 10.1 Å². The van der Waals surface area contributed by atoms with Crippen LogP contribution in [0.15, 0.2) is 29.8 Å². The van der Waals surface area contributed by atoms with Crippen LogP contribution in [-0.2, 0) is 0 Å². The molecule has 0 amide bonds. The highest BCUT2D eigenvalue weighted by Gasteiger charge is 2.11. The number of nitrogens with one attached hydrogen (secondary N) is 1. The fourth-order valence-corrected chi connectivity index (χ4v) is 2.46. The van der Waals surface area contributed by atoms with Gasteiger partial charge in [-0.25, -0.2) is 4.98 Å². The number of rotatable bonds is 5. The van der Waals surface area contributed by atoms with Crippen LogP contribution in [0.2, 0.25) is 5.02 Å². The standard InChI is InChI=1S/C13H15ClN2OS/c1-3-17-12-5-4-10(14)8-11(12)16-9(2)13-15-6-7-18-13/h4-9,16H,3H2,1-2H3. The number of nitrogens with zero attached hydrogens (tertiary/aromatic N) is 1. The van der Waals surface area contributed by atoms with E-state index in [4.69, 9.17) is 16.3 Å². The summed E-state index contributed by atoms with van der Waals surface area (Å²) in [5, 5.41) is 7.07. The lowest BCUT2D eigenvalue weighted by Crippen LogP contribution is -2.08. The Bertz CT molecular complexity index is 502. The van der Waals surface area contributed by atoms with E-state index in [0.29, 0.717) is 11.6 Å². The van der Waals surface area contributed by atoms with Crippen LogP contribution in [-0.4, -0.2) is 11.6 Å². The van der Waals surface area contributed by atoms with Crippen molar-refractivity contribution >= 4 is 28.6 Å². The highest BCUT2D eigenvalue weighted by Crippen LogP contribution is 2.31. The molecular formula is C13H15ClN2OS. The van der Waals surface area contributed by atoms with Crippen molar-refractivity contribution < 1.29 is 4.74 Å². The normalized spacial score (nSPS) is 12.2. The number of hydrogen-bond acceptors (Lipinski definition) is 4. The van der Waals surface area contributed by atoms with Gasteiger partial charge in [0.15, 0.2) is 0 Å². The molecule has 0 radical (unpaired) electrons. The summed E-state index contributed by atoms with van der Waals surface area (Å²) < 4.78 is 5.57. The molecule has 1 atom stereocenters. The topological polar surface area (TPSA) is 34.1 Å². The lowest BCUT2D eigenvalue weighted by Gasteiger charge is -2.16. The number of halogens is 1. The molecule has 1 aromatic carbocycles. The number of anilines is 1. The zero-order valence-electron chi connectivity index (χ0n) is 10.3. The highest BCUT2D eigenvalue weighted by molar-refractivity contribution is 7.09. The zero-order chi connectivity index (χ0) is 13.0. The number of benzene rings is 1. The zero-order valence-corrected chi connectivity index (χ0v) is 11.9. The number of ether oxygens (including phenoxy) is 1. The Labute approximate surface area is 116 Å². The van der Waals surface area contributed by atoms with E-state index >= 15 is 0 Å². The maximum atomic E-state index is 6.02. The molecule has 1 N–H and O–H groups in total. The minimum atomic E-state index is 0.127. The minimum Gasteiger partial charge on any atom is -0.492 e. The minimum absolute atomic E-state index is 0.127. The summed E-state index contributed by atoms with van der Waals surface area (Å²) >= 11 is 7.64. The number of hydrogen-bond donors (Lipinski definition) is 1. The third kappa shape index (κ3) is 3.15. The summed E-state index contributed by atoms with van der Waals surface area (Å²) in [6, 6.07) is 5.70. The first-order valence-corrected chi connectivity index (χ1v) is 7.04. The second-order valence-corrected chi connectivity index (χ2v) is 5.17. The largest absolute Gasteiger partial charge is 0.492 e. The van der Waals surface area contributed by atoms with Crippen molar-refractivity contribution in [3.05, 3.63) is 39.8 Å². The van der Waals surface area contributed by atoms with Crippen LogP contribution < -0.4 is 10.1 Å². The van der Waals surface area contributed by atoms with Crippen LogP contribution >= 0.6 is 22.9 Å². The van der Waals surface area contributed by atoms with Gasteiger partial charge in [-0.2, -0.15) is 0 Å². The molecule has 0 saturated heterocycles. The summed E-state index contributed by atoms with van der Waals surface area (Å²) in [6.07, 6.45) is 1.81. The summed E-state index contributed by atoms with van der Waals surface area (Å²) in [4.78, 5) is 4.29. The third-order valence-corrected chi connectivity index (χ3v) is 3.63. The van der Waals surface area contributed by atoms with E-state index in [1.165, 1.54) is 0 Å². The molecule has 2 rings (SSSR count). The van der Waals surface area contributed by atoms with E-state index < -0.39 is 0 Å². The molecule has 1 unspecified atom stereocenters. The molecule has 1 heterocycles. The fourth-order valence-electron chi connectivity index (χ4n) is 1.64. The van der Waals surface area contributed by atoms with Gasteiger partial charge in [0.2, 0.25) is 0 Å². The van der Waals surface area contributed by atoms with Crippen molar-refractivity contribution in [2.45, 2.75) is 19.9 Å². The van der Waals surface area contributed by atoms with Crippen LogP contribution in [0.25, 0.3) is 0 Å². The van der Waals surface area contributed by atoms with Crippen molar-refractivity contribution in [3.8, 4) is 5.75 Å². The van der Waals surface area contributed by atoms with Gasteiger partial charge in [-0.3, -0.25) is 0 Å². The average molecular weight is 283 g/mol. The van der Waals surface area contributed by atoms with Crippen molar-refractivity contribution in [3.63, 3.8) is 0 Å². The first kappa shape index (κ1) is 13.2. The molecule has 0 spiro atoms. The monoisotopic (exact) mass is 282 g/mol. The molecule has 2 aromatic rings. The Kier molecular flexibility index (Phi) is 4.44. The first-order chi connectivity index (χ1) is 8.70. The van der Waals surface area contributed by atoms with Crippen LogP contribution in [0.1, 0.15) is 24.9 Å². The molecule has 3 nitrogen and oxygen atoms in total. The Morgan fingerprint density at radius 3 is 3.00 bits per heavy atom. The van der Waals surface area contributed by atoms with Gasteiger partial charge in [-0.05, 0) is 32.0 Å². The Hall–Kier alpha value is -1.26. The quantitative estimate of drug-likeness (QED) is 0.884. The molecule has 5 heteroatoms. The maximum absolute atomic E-state index is 6.02. The molecular weight excluding hydrogens is 268 g/mol. The van der Waals surface area contributed by atoms with Crippen LogP contribution in [0.5, 0.6) is 5.75 Å². The predicted molar refractivity (Wildman–Crippen MR) is 76.8 cm³/mol. The predicted octanol–water partition coefficient (Wildman–Crippen LogP) is 4.37. The molecule has 0 aliphatic rings. The van der Waals surface area contributed by atoms with E-state index in [1.807, 2.05) is 30.5 Å².